The molecule has 4 heteroatoms. The Morgan fingerprint density at radius 3 is 0.549 bits per heavy atom. The van der Waals surface area contributed by atoms with Crippen LogP contribution in [0, 0.1) is 16.2 Å². The zero-order chi connectivity index (χ0) is 100. The number of benzene rings is 6. The SMILES string of the molecule is CCC(C)(C)c1ccc(C2=CC=CC(OP(OC3C=CC=C(c4ccc(C(C)(C)CC)cc4C(C)(C)CC)C3(c3ccc(C(C)(C)CC)cc3C(C)(C)CC)C(C)(C)CC)OC3C=CC=C(c4ccc(C(C)(C)CC)cc4C(C)(C)CC)C3(c3ccc(C(C)(C)CC)cc3C(C)(C)CC)C(C)(C)CC)C2(c2ccc(C(C)(C)CC)cc2C(C)(C)CC)C(C)(C)CC)c(C(C)(C)CC)c1. The summed E-state index contributed by atoms with van der Waals surface area (Å²) in [4.78, 5) is 0. The van der Waals surface area contributed by atoms with E-state index < -0.39 is 59.4 Å². The molecule has 0 saturated carbocycles. The largest absolute Gasteiger partial charge is 0.334 e. The predicted molar refractivity (Wildman–Crippen MR) is 589 cm³/mol. The van der Waals surface area contributed by atoms with Gasteiger partial charge in [0.05, 0.1) is 34.6 Å². The third-order valence-corrected chi connectivity index (χ3v) is 39.8. The molecular formula is C129H195O3P. The zero-order valence-corrected chi connectivity index (χ0v) is 95.0. The molecule has 0 N–H and O–H groups in total. The van der Waals surface area contributed by atoms with E-state index >= 15 is 0 Å². The van der Waals surface area contributed by atoms with E-state index in [2.05, 4.69) is 475 Å². The molecule has 6 atom stereocenters. The van der Waals surface area contributed by atoms with Gasteiger partial charge in [-0.25, -0.2) is 0 Å². The van der Waals surface area contributed by atoms with Crippen LogP contribution in [0.25, 0.3) is 16.7 Å². The molecule has 0 fully saturated rings. The Labute approximate surface area is 821 Å². The Bertz CT molecular complexity index is 4750. The summed E-state index contributed by atoms with van der Waals surface area (Å²) in [6, 6.07) is 46.6. The highest BCUT2D eigenvalue weighted by Crippen LogP contribution is 2.70. The molecule has 0 bridgehead atoms. The van der Waals surface area contributed by atoms with Gasteiger partial charge in [-0.3, -0.25) is 0 Å². The van der Waals surface area contributed by atoms with Gasteiger partial charge in [0.2, 0.25) is 0 Å². The summed E-state index contributed by atoms with van der Waals surface area (Å²) < 4.78 is 28.2. The molecule has 0 radical (unpaired) electrons. The van der Waals surface area contributed by atoms with Gasteiger partial charge in [-0.15, -0.1) is 0 Å². The first-order valence-corrected chi connectivity index (χ1v) is 54.4. The highest BCUT2D eigenvalue weighted by atomic mass is 31.2. The summed E-state index contributed by atoms with van der Waals surface area (Å²) in [6.07, 6.45) is 34.5. The molecule has 3 aliphatic carbocycles. The summed E-state index contributed by atoms with van der Waals surface area (Å²) >= 11 is 0. The van der Waals surface area contributed by atoms with Crippen LogP contribution in [0.5, 0.6) is 0 Å². The van der Waals surface area contributed by atoms with Crippen LogP contribution < -0.4 is 0 Å². The molecule has 6 unspecified atom stereocenters. The van der Waals surface area contributed by atoms with Crippen molar-refractivity contribution in [3.05, 3.63) is 264 Å². The Balaban J connectivity index is 1.63. The average Bonchev–Trinajstić information content (AvgIpc) is 0.697. The highest BCUT2D eigenvalue weighted by Gasteiger charge is 2.64. The van der Waals surface area contributed by atoms with Crippen molar-refractivity contribution in [2.75, 3.05) is 0 Å². The minimum absolute atomic E-state index is 0.0722. The molecule has 0 aromatic heterocycles. The van der Waals surface area contributed by atoms with Crippen LogP contribution in [-0.4, -0.2) is 18.3 Å². The molecule has 0 aliphatic heterocycles. The Morgan fingerprint density at radius 2 is 0.376 bits per heavy atom. The second kappa shape index (κ2) is 40.0. The van der Waals surface area contributed by atoms with E-state index in [1.54, 1.807) is 0 Å². The van der Waals surface area contributed by atoms with Gasteiger partial charge < -0.3 is 13.6 Å². The van der Waals surface area contributed by atoms with Gasteiger partial charge in [-0.2, -0.15) is 0 Å². The van der Waals surface area contributed by atoms with Crippen LogP contribution >= 0.6 is 8.60 Å². The lowest BCUT2D eigenvalue weighted by molar-refractivity contribution is 0.00189. The molecule has 3 nitrogen and oxygen atoms in total. The molecule has 734 valence electrons. The second-order valence-electron chi connectivity index (χ2n) is 51.2. The topological polar surface area (TPSA) is 27.7 Å². The van der Waals surface area contributed by atoms with Gasteiger partial charge in [0.25, 0.3) is 0 Å². The maximum absolute atomic E-state index is 9.41. The number of hydrogen-bond donors (Lipinski definition) is 0. The first kappa shape index (κ1) is 111. The minimum atomic E-state index is -2.61. The smallest absolute Gasteiger partial charge is 0.303 e. The zero-order valence-electron chi connectivity index (χ0n) is 94.1. The molecule has 0 saturated heterocycles. The Hall–Kier alpha value is -5.93. The van der Waals surface area contributed by atoms with E-state index in [0.29, 0.717) is 0 Å². The fraction of sp³-hybridized carbons (Fsp3) is 0.628. The summed E-state index contributed by atoms with van der Waals surface area (Å²) in [6.45, 7) is 111. The lowest BCUT2D eigenvalue weighted by Gasteiger charge is -2.58. The Kier molecular flexibility index (Phi) is 33.3. The summed E-state index contributed by atoms with van der Waals surface area (Å²) in [5, 5.41) is 0. The van der Waals surface area contributed by atoms with Crippen LogP contribution in [0.2, 0.25) is 0 Å². The van der Waals surface area contributed by atoms with Crippen LogP contribution in [-0.2, 0) is 94.8 Å². The van der Waals surface area contributed by atoms with Crippen molar-refractivity contribution < 1.29 is 13.6 Å². The van der Waals surface area contributed by atoms with E-state index in [4.69, 9.17) is 0 Å². The molecule has 6 aromatic rings. The van der Waals surface area contributed by atoms with Crippen LogP contribution in [0.15, 0.2) is 164 Å². The third kappa shape index (κ3) is 19.9. The second-order valence-corrected chi connectivity index (χ2v) is 52.3. The van der Waals surface area contributed by atoms with Gasteiger partial charge in [-0.1, -0.05) is 475 Å². The number of hydrogen-bond acceptors (Lipinski definition) is 3. The first-order valence-electron chi connectivity index (χ1n) is 53.3. The summed E-state index contributed by atoms with van der Waals surface area (Å²) in [5.41, 5.74) is 21.5. The maximum atomic E-state index is 9.41. The standard InChI is InChI=1S/C129H195O3P/c1-46-112(16,17)88-70-76-94(103(82-88)118(28,29)52-7)97-64-61-67-109(127(97,124(40,41)58-13)100-79-73-91(115(22,23)49-4)85-106(100)121(34,35)55-10)130-133(131-110-68-62-65-98(95-77-71-89(113(18,19)47-2)83-104(95)119(30,31)53-8)128(110,125(42,43)59-14)101-80-74-92(116(24,25)50-5)86-107(101)122(36,37)56-11)132-111-69-63-66-99(96-78-72-90(114(20,21)48-3)84-105(96)120(32,33)54-9)129(111,126(44,45)60-15)102-81-75-93(117(26,27)51-6)87-108(102)123(38,39)57-12/h61-87,109-111H,46-60H2,1-45H3. The summed E-state index contributed by atoms with van der Waals surface area (Å²) in [7, 11) is -2.61. The molecule has 0 spiro atoms. The monoisotopic (exact) mass is 1820 g/mol. The van der Waals surface area contributed by atoms with E-state index in [-0.39, 0.29) is 65.0 Å². The van der Waals surface area contributed by atoms with E-state index in [1.165, 1.54) is 117 Å². The van der Waals surface area contributed by atoms with Crippen molar-refractivity contribution in [3.63, 3.8) is 0 Å². The van der Waals surface area contributed by atoms with Gasteiger partial charge in [0.1, 0.15) is 0 Å². The Morgan fingerprint density at radius 1 is 0.211 bits per heavy atom. The fourth-order valence-electron chi connectivity index (χ4n) is 22.0. The molecular weight excluding hydrogens is 1630 g/mol. The quantitative estimate of drug-likeness (QED) is 0.0358. The molecule has 133 heavy (non-hydrogen) atoms. The van der Waals surface area contributed by atoms with Gasteiger partial charge >= 0.3 is 8.60 Å². The van der Waals surface area contributed by atoms with Gasteiger partial charge in [-0.05, 0) is 294 Å². The van der Waals surface area contributed by atoms with Crippen molar-refractivity contribution >= 4 is 25.3 Å². The van der Waals surface area contributed by atoms with Crippen LogP contribution in [0.4, 0.5) is 0 Å². The van der Waals surface area contributed by atoms with Crippen LogP contribution in [0.3, 0.4) is 0 Å². The highest BCUT2D eigenvalue weighted by molar-refractivity contribution is 7.41. The van der Waals surface area contributed by atoms with Gasteiger partial charge in [0, 0.05) is 0 Å². The molecule has 0 heterocycles. The van der Waals surface area contributed by atoms with E-state index in [9.17, 15) is 13.6 Å². The van der Waals surface area contributed by atoms with Crippen molar-refractivity contribution in [1.82, 2.24) is 0 Å². The van der Waals surface area contributed by atoms with Crippen molar-refractivity contribution in [1.29, 1.82) is 0 Å². The predicted octanol–water partition coefficient (Wildman–Crippen LogP) is 38.7. The fourth-order valence-corrected chi connectivity index (χ4v) is 23.4. The number of rotatable bonds is 42. The average molecular weight is 1820 g/mol. The molecule has 3 aliphatic rings. The lowest BCUT2D eigenvalue weighted by atomic mass is 9.49. The molecule has 9 rings (SSSR count). The van der Waals surface area contributed by atoms with Crippen LogP contribution in [0.1, 0.15) is 508 Å². The molecule has 6 aromatic carbocycles. The van der Waals surface area contributed by atoms with Crippen molar-refractivity contribution in [2.45, 2.75) is 507 Å². The minimum Gasteiger partial charge on any atom is -0.303 e. The first-order chi connectivity index (χ1) is 61.4. The van der Waals surface area contributed by atoms with E-state index in [0.717, 1.165) is 96.3 Å². The lowest BCUT2D eigenvalue weighted by Crippen LogP contribution is -2.56. The summed E-state index contributed by atoms with van der Waals surface area (Å²) in [5.74, 6) is 0. The molecule has 0 amide bonds. The number of allylic oxidation sites excluding steroid dienone is 6. The van der Waals surface area contributed by atoms with Crippen molar-refractivity contribution in [2.24, 2.45) is 16.2 Å². The third-order valence-electron chi connectivity index (χ3n) is 38.6. The normalized spacial score (nSPS) is 20.6. The maximum Gasteiger partial charge on any atom is 0.334 e. The van der Waals surface area contributed by atoms with E-state index in [1.807, 2.05) is 0 Å². The van der Waals surface area contributed by atoms with Crippen molar-refractivity contribution in [3.8, 4) is 0 Å². The van der Waals surface area contributed by atoms with Gasteiger partial charge in [0.15, 0.2) is 0 Å².